The van der Waals surface area contributed by atoms with Gasteiger partial charge in [0.25, 0.3) is 0 Å². The van der Waals surface area contributed by atoms with Crippen LogP contribution in [0.4, 0.5) is 0 Å². The van der Waals surface area contributed by atoms with E-state index in [9.17, 15) is 4.79 Å². The standard InChI is InChI=1S/C12H11N3O3/c1-8-3-2-4-9(7-8)12(16)18-15-11(13)10-5-6-17-14-10/h2-7H,1H3,(H2,13,15). The number of hydrogen-bond donors (Lipinski definition) is 1. The number of oxime groups is 1. The molecule has 0 saturated heterocycles. The third-order valence-corrected chi connectivity index (χ3v) is 2.18. The second kappa shape index (κ2) is 5.13. The molecule has 0 aliphatic heterocycles. The lowest BCUT2D eigenvalue weighted by Crippen LogP contribution is -2.15. The Hall–Kier alpha value is -2.63. The van der Waals surface area contributed by atoms with Gasteiger partial charge >= 0.3 is 5.97 Å². The first kappa shape index (κ1) is 11.8. The smallest absolute Gasteiger partial charge is 0.365 e. The van der Waals surface area contributed by atoms with Crippen molar-refractivity contribution in [1.29, 1.82) is 0 Å². The largest absolute Gasteiger partial charge is 0.379 e. The summed E-state index contributed by atoms with van der Waals surface area (Å²) in [5.74, 6) is -0.602. The minimum Gasteiger partial charge on any atom is -0.379 e. The Labute approximate surface area is 103 Å². The highest BCUT2D eigenvalue weighted by atomic mass is 16.7. The van der Waals surface area contributed by atoms with Crippen LogP contribution in [0.5, 0.6) is 0 Å². The van der Waals surface area contributed by atoms with Crippen LogP contribution in [0.15, 0.2) is 46.3 Å². The zero-order chi connectivity index (χ0) is 13.0. The van der Waals surface area contributed by atoms with Gasteiger partial charge < -0.3 is 15.1 Å². The van der Waals surface area contributed by atoms with Crippen LogP contribution in [0.1, 0.15) is 21.6 Å². The van der Waals surface area contributed by atoms with E-state index in [1.807, 2.05) is 13.0 Å². The van der Waals surface area contributed by atoms with Crippen molar-refractivity contribution < 1.29 is 14.2 Å². The topological polar surface area (TPSA) is 90.7 Å². The molecule has 0 bridgehead atoms. The first-order chi connectivity index (χ1) is 8.66. The number of rotatable bonds is 3. The molecule has 6 heteroatoms. The lowest BCUT2D eigenvalue weighted by Gasteiger charge is -1.99. The lowest BCUT2D eigenvalue weighted by atomic mass is 10.1. The maximum absolute atomic E-state index is 11.6. The fourth-order valence-electron chi connectivity index (χ4n) is 1.31. The van der Waals surface area contributed by atoms with E-state index >= 15 is 0 Å². The van der Waals surface area contributed by atoms with Crippen molar-refractivity contribution in [3.05, 3.63) is 53.4 Å². The Balaban J connectivity index is 2.07. The Bertz CT molecular complexity index is 576. The van der Waals surface area contributed by atoms with Gasteiger partial charge in [-0.05, 0) is 19.1 Å². The molecule has 1 aromatic heterocycles. The second-order valence-electron chi connectivity index (χ2n) is 3.61. The molecule has 0 spiro atoms. The van der Waals surface area contributed by atoms with Crippen LogP contribution in [0, 0.1) is 6.92 Å². The summed E-state index contributed by atoms with van der Waals surface area (Å²) in [7, 11) is 0. The van der Waals surface area contributed by atoms with Crippen LogP contribution >= 0.6 is 0 Å². The molecule has 0 saturated carbocycles. The highest BCUT2D eigenvalue weighted by molar-refractivity contribution is 5.96. The summed E-state index contributed by atoms with van der Waals surface area (Å²) < 4.78 is 4.59. The van der Waals surface area contributed by atoms with Crippen molar-refractivity contribution in [2.24, 2.45) is 10.9 Å². The van der Waals surface area contributed by atoms with Crippen molar-refractivity contribution in [3.63, 3.8) is 0 Å². The molecular weight excluding hydrogens is 234 g/mol. The summed E-state index contributed by atoms with van der Waals surface area (Å²) in [6.07, 6.45) is 1.35. The monoisotopic (exact) mass is 245 g/mol. The van der Waals surface area contributed by atoms with Crippen molar-refractivity contribution in [3.8, 4) is 0 Å². The van der Waals surface area contributed by atoms with E-state index in [1.165, 1.54) is 12.3 Å². The van der Waals surface area contributed by atoms with Gasteiger partial charge in [-0.2, -0.15) is 0 Å². The van der Waals surface area contributed by atoms with E-state index in [4.69, 9.17) is 10.6 Å². The first-order valence-corrected chi connectivity index (χ1v) is 5.19. The minimum absolute atomic E-state index is 0.0234. The maximum atomic E-state index is 11.6. The van der Waals surface area contributed by atoms with Crippen molar-refractivity contribution in [1.82, 2.24) is 5.16 Å². The number of amidine groups is 1. The summed E-state index contributed by atoms with van der Waals surface area (Å²) in [4.78, 5) is 16.4. The molecule has 0 unspecified atom stereocenters. The molecule has 2 rings (SSSR count). The fourth-order valence-corrected chi connectivity index (χ4v) is 1.31. The average Bonchev–Trinajstić information content (AvgIpc) is 2.89. The molecule has 2 aromatic rings. The highest BCUT2D eigenvalue weighted by Crippen LogP contribution is 2.06. The number of hydrogen-bond acceptors (Lipinski definition) is 5. The molecule has 0 aliphatic rings. The second-order valence-corrected chi connectivity index (χ2v) is 3.61. The summed E-state index contributed by atoms with van der Waals surface area (Å²) in [5, 5.41) is 7.05. The van der Waals surface area contributed by atoms with Gasteiger partial charge in [0.15, 0.2) is 11.5 Å². The molecule has 1 aromatic carbocycles. The Morgan fingerprint density at radius 3 is 2.94 bits per heavy atom. The van der Waals surface area contributed by atoms with Crippen molar-refractivity contribution in [2.75, 3.05) is 0 Å². The summed E-state index contributed by atoms with van der Waals surface area (Å²) >= 11 is 0. The Kier molecular flexibility index (Phi) is 3.38. The SMILES string of the molecule is Cc1cccc(C(=O)O/N=C(\N)c2ccon2)c1. The van der Waals surface area contributed by atoms with Gasteiger partial charge in [0.05, 0.1) is 5.56 Å². The van der Waals surface area contributed by atoms with E-state index in [1.54, 1.807) is 18.2 Å². The van der Waals surface area contributed by atoms with Crippen LogP contribution < -0.4 is 5.73 Å². The summed E-state index contributed by atoms with van der Waals surface area (Å²) in [6.45, 7) is 1.88. The lowest BCUT2D eigenvalue weighted by molar-refractivity contribution is 0.0515. The number of aryl methyl sites for hydroxylation is 1. The van der Waals surface area contributed by atoms with Gasteiger partial charge in [-0.1, -0.05) is 28.0 Å². The molecule has 0 aliphatic carbocycles. The van der Waals surface area contributed by atoms with E-state index in [0.29, 0.717) is 11.3 Å². The van der Waals surface area contributed by atoms with E-state index < -0.39 is 5.97 Å². The molecule has 0 atom stereocenters. The predicted octanol–water partition coefficient (Wildman–Crippen LogP) is 1.46. The first-order valence-electron chi connectivity index (χ1n) is 5.19. The van der Waals surface area contributed by atoms with E-state index in [0.717, 1.165) is 5.56 Å². The number of aromatic nitrogens is 1. The fraction of sp³-hybridized carbons (Fsp3) is 0.0833. The number of carbonyl (C=O) groups excluding carboxylic acids is 1. The molecule has 0 radical (unpaired) electrons. The van der Waals surface area contributed by atoms with Crippen LogP contribution in [-0.4, -0.2) is 17.0 Å². The third kappa shape index (κ3) is 2.73. The number of carbonyl (C=O) groups is 1. The average molecular weight is 245 g/mol. The minimum atomic E-state index is -0.579. The van der Waals surface area contributed by atoms with Crippen LogP contribution in [0.3, 0.4) is 0 Å². The summed E-state index contributed by atoms with van der Waals surface area (Å²) in [6, 6.07) is 8.49. The Morgan fingerprint density at radius 1 is 1.44 bits per heavy atom. The predicted molar refractivity (Wildman–Crippen MR) is 63.8 cm³/mol. The maximum Gasteiger partial charge on any atom is 0.365 e. The molecule has 18 heavy (non-hydrogen) atoms. The van der Waals surface area contributed by atoms with Crippen LogP contribution in [0.25, 0.3) is 0 Å². The van der Waals surface area contributed by atoms with Gasteiger partial charge in [0.2, 0.25) is 0 Å². The molecular formula is C12H11N3O3. The summed E-state index contributed by atoms with van der Waals surface area (Å²) in [5.41, 5.74) is 7.22. The highest BCUT2D eigenvalue weighted by Gasteiger charge is 2.08. The zero-order valence-corrected chi connectivity index (χ0v) is 9.66. The molecule has 0 amide bonds. The van der Waals surface area contributed by atoms with Crippen molar-refractivity contribution >= 4 is 11.8 Å². The quantitative estimate of drug-likeness (QED) is 0.382. The van der Waals surface area contributed by atoms with Crippen molar-refractivity contribution in [2.45, 2.75) is 6.92 Å². The van der Waals surface area contributed by atoms with Gasteiger partial charge in [0.1, 0.15) is 6.26 Å². The van der Waals surface area contributed by atoms with Gasteiger partial charge in [-0.3, -0.25) is 0 Å². The number of benzene rings is 1. The van der Waals surface area contributed by atoms with Gasteiger partial charge in [0, 0.05) is 6.07 Å². The molecule has 0 fully saturated rings. The zero-order valence-electron chi connectivity index (χ0n) is 9.66. The molecule has 1 heterocycles. The Morgan fingerprint density at radius 2 is 2.28 bits per heavy atom. The van der Waals surface area contributed by atoms with Crippen LogP contribution in [-0.2, 0) is 4.84 Å². The number of nitrogens with zero attached hydrogens (tertiary/aromatic N) is 2. The van der Waals surface area contributed by atoms with Gasteiger partial charge in [-0.15, -0.1) is 0 Å². The molecule has 2 N–H and O–H groups in total. The van der Waals surface area contributed by atoms with E-state index in [2.05, 4.69) is 14.8 Å². The molecule has 6 nitrogen and oxygen atoms in total. The van der Waals surface area contributed by atoms with Crippen LogP contribution in [0.2, 0.25) is 0 Å². The third-order valence-electron chi connectivity index (χ3n) is 2.18. The molecule has 92 valence electrons. The van der Waals surface area contributed by atoms with E-state index in [-0.39, 0.29) is 5.84 Å². The van der Waals surface area contributed by atoms with Gasteiger partial charge in [-0.25, -0.2) is 4.79 Å². The number of nitrogens with two attached hydrogens (primary N) is 1. The normalized spacial score (nSPS) is 11.3.